The van der Waals surface area contributed by atoms with Crippen LogP contribution in [0.5, 0.6) is 0 Å². The summed E-state index contributed by atoms with van der Waals surface area (Å²) in [6, 6.07) is 2.18. The lowest BCUT2D eigenvalue weighted by molar-refractivity contribution is 0.101. The van der Waals surface area contributed by atoms with Crippen LogP contribution >= 0.6 is 15.9 Å². The number of hydrogen-bond donors (Lipinski definition) is 1. The maximum atomic E-state index is 13.6. The molecule has 4 nitrogen and oxygen atoms in total. The number of nitrogens with one attached hydrogen (secondary N) is 1. The third-order valence-corrected chi connectivity index (χ3v) is 2.68. The van der Waals surface area contributed by atoms with Gasteiger partial charge in [-0.15, -0.1) is 0 Å². The largest absolute Gasteiger partial charge is 0.305 e. The molecule has 1 aromatic carbocycles. The lowest BCUT2D eigenvalue weighted by atomic mass is 10.1. The Labute approximate surface area is 116 Å². The summed E-state index contributed by atoms with van der Waals surface area (Å²) in [5, 5.41) is 2.27. The summed E-state index contributed by atoms with van der Waals surface area (Å²) < 4.78 is 27.7. The zero-order valence-electron chi connectivity index (χ0n) is 9.75. The highest BCUT2D eigenvalue weighted by Gasteiger charge is 2.18. The van der Waals surface area contributed by atoms with Gasteiger partial charge in [-0.2, -0.15) is 0 Å². The smallest absolute Gasteiger partial charge is 0.262 e. The van der Waals surface area contributed by atoms with Gasteiger partial charge in [-0.05, 0) is 40.5 Å². The van der Waals surface area contributed by atoms with Gasteiger partial charge in [0.05, 0.1) is 12.4 Å². The third-order valence-electron chi connectivity index (χ3n) is 2.28. The summed E-state index contributed by atoms with van der Waals surface area (Å²) >= 11 is 3.08. The molecule has 98 valence electrons. The molecule has 1 aromatic heterocycles. The molecule has 0 fully saturated rings. The van der Waals surface area contributed by atoms with Crippen molar-refractivity contribution >= 4 is 27.7 Å². The molecule has 0 aliphatic rings. The van der Waals surface area contributed by atoms with E-state index in [0.29, 0.717) is 10.2 Å². The van der Waals surface area contributed by atoms with Crippen molar-refractivity contribution in [3.63, 3.8) is 0 Å². The molecule has 0 atom stereocenters. The normalized spacial score (nSPS) is 10.3. The molecule has 2 rings (SSSR count). The van der Waals surface area contributed by atoms with Crippen molar-refractivity contribution in [3.05, 3.63) is 51.9 Å². The monoisotopic (exact) mass is 327 g/mol. The number of carbonyl (C=O) groups is 1. The average molecular weight is 328 g/mol. The molecule has 0 saturated carbocycles. The number of amides is 1. The van der Waals surface area contributed by atoms with Gasteiger partial charge >= 0.3 is 0 Å². The van der Waals surface area contributed by atoms with Crippen LogP contribution in [0.4, 0.5) is 14.6 Å². The number of carbonyl (C=O) groups excluding carboxylic acids is 1. The minimum absolute atomic E-state index is 0.104. The van der Waals surface area contributed by atoms with E-state index in [4.69, 9.17) is 0 Å². The Morgan fingerprint density at radius 2 is 1.84 bits per heavy atom. The van der Waals surface area contributed by atoms with Crippen LogP contribution in [0.1, 0.15) is 15.9 Å². The van der Waals surface area contributed by atoms with E-state index in [1.807, 2.05) is 0 Å². The van der Waals surface area contributed by atoms with E-state index in [1.54, 1.807) is 0 Å². The summed E-state index contributed by atoms with van der Waals surface area (Å²) in [7, 11) is 0. The number of halogens is 3. The van der Waals surface area contributed by atoms with Crippen LogP contribution in [0, 0.1) is 18.6 Å². The fraction of sp³-hybridized carbons (Fsp3) is 0.0833. The second-order valence-electron chi connectivity index (χ2n) is 3.78. The van der Waals surface area contributed by atoms with Gasteiger partial charge in [-0.25, -0.2) is 18.7 Å². The van der Waals surface area contributed by atoms with Crippen LogP contribution in [0.15, 0.2) is 29.1 Å². The van der Waals surface area contributed by atoms with Gasteiger partial charge in [0.1, 0.15) is 21.8 Å². The first-order valence-electron chi connectivity index (χ1n) is 5.22. The van der Waals surface area contributed by atoms with Gasteiger partial charge in [0, 0.05) is 0 Å². The Bertz CT molecular complexity index is 608. The molecule has 1 amide bonds. The molecular formula is C12H8BrF2N3O. The summed E-state index contributed by atoms with van der Waals surface area (Å²) in [6.45, 7) is 1.54. The Morgan fingerprint density at radius 3 is 2.37 bits per heavy atom. The van der Waals surface area contributed by atoms with Crippen molar-refractivity contribution in [2.24, 2.45) is 0 Å². The minimum Gasteiger partial charge on any atom is -0.305 e. The zero-order valence-corrected chi connectivity index (χ0v) is 11.3. The van der Waals surface area contributed by atoms with Gasteiger partial charge in [0.2, 0.25) is 0 Å². The lowest BCUT2D eigenvalue weighted by Gasteiger charge is -2.07. The molecule has 1 N–H and O–H groups in total. The number of anilines is 1. The second-order valence-corrected chi connectivity index (χ2v) is 4.59. The predicted molar refractivity (Wildman–Crippen MR) is 68.8 cm³/mol. The number of aryl methyl sites for hydroxylation is 1. The lowest BCUT2D eigenvalue weighted by Crippen LogP contribution is -2.17. The van der Waals surface area contributed by atoms with Crippen LogP contribution in [0.2, 0.25) is 0 Å². The molecule has 0 saturated heterocycles. The minimum atomic E-state index is -0.917. The van der Waals surface area contributed by atoms with Crippen LogP contribution < -0.4 is 5.32 Å². The van der Waals surface area contributed by atoms with Crippen LogP contribution in [0.3, 0.4) is 0 Å². The first-order valence-corrected chi connectivity index (χ1v) is 6.01. The second kappa shape index (κ2) is 5.40. The molecule has 19 heavy (non-hydrogen) atoms. The molecule has 7 heteroatoms. The zero-order chi connectivity index (χ0) is 14.0. The predicted octanol–water partition coefficient (Wildman–Crippen LogP) is 3.08. The van der Waals surface area contributed by atoms with E-state index in [0.717, 1.165) is 12.1 Å². The number of nitrogens with zero attached hydrogens (tertiary/aromatic N) is 2. The molecule has 0 spiro atoms. The maximum absolute atomic E-state index is 13.6. The van der Waals surface area contributed by atoms with E-state index in [-0.39, 0.29) is 5.82 Å². The van der Waals surface area contributed by atoms with Gasteiger partial charge < -0.3 is 5.32 Å². The number of aromatic nitrogens is 2. The van der Waals surface area contributed by atoms with E-state index < -0.39 is 23.1 Å². The SMILES string of the molecule is Cc1cc(F)c(C(=O)Nc2cnc(Br)cn2)c(F)c1. The van der Waals surface area contributed by atoms with Crippen molar-refractivity contribution in [1.82, 2.24) is 9.97 Å². The number of hydrogen-bond acceptors (Lipinski definition) is 3. The van der Waals surface area contributed by atoms with E-state index in [2.05, 4.69) is 31.2 Å². The van der Waals surface area contributed by atoms with Crippen molar-refractivity contribution in [1.29, 1.82) is 0 Å². The molecule has 2 aromatic rings. The summed E-state index contributed by atoms with van der Waals surface area (Å²) in [4.78, 5) is 19.5. The summed E-state index contributed by atoms with van der Waals surface area (Å²) in [6.07, 6.45) is 2.63. The highest BCUT2D eigenvalue weighted by Crippen LogP contribution is 2.16. The van der Waals surface area contributed by atoms with Crippen molar-refractivity contribution in [2.45, 2.75) is 6.92 Å². The number of benzene rings is 1. The van der Waals surface area contributed by atoms with Crippen LogP contribution in [-0.4, -0.2) is 15.9 Å². The molecule has 0 unspecified atom stereocenters. The molecule has 1 heterocycles. The highest BCUT2D eigenvalue weighted by atomic mass is 79.9. The van der Waals surface area contributed by atoms with E-state index >= 15 is 0 Å². The summed E-state index contributed by atoms with van der Waals surface area (Å²) in [5.41, 5.74) is -0.245. The Kier molecular flexibility index (Phi) is 3.84. The number of rotatable bonds is 2. The van der Waals surface area contributed by atoms with Crippen LogP contribution in [-0.2, 0) is 0 Å². The Balaban J connectivity index is 2.28. The first-order chi connectivity index (χ1) is 8.97. The van der Waals surface area contributed by atoms with Gasteiger partial charge in [-0.1, -0.05) is 0 Å². The highest BCUT2D eigenvalue weighted by molar-refractivity contribution is 9.10. The molecule has 0 aliphatic heterocycles. The van der Waals surface area contributed by atoms with E-state index in [9.17, 15) is 13.6 Å². The van der Waals surface area contributed by atoms with Crippen LogP contribution in [0.25, 0.3) is 0 Å². The van der Waals surface area contributed by atoms with Crippen molar-refractivity contribution in [2.75, 3.05) is 5.32 Å². The molecule has 0 radical (unpaired) electrons. The van der Waals surface area contributed by atoms with Gasteiger partial charge in [0.15, 0.2) is 5.82 Å². The van der Waals surface area contributed by atoms with Gasteiger partial charge in [0.25, 0.3) is 5.91 Å². The summed E-state index contributed by atoms with van der Waals surface area (Å²) in [5.74, 6) is -2.64. The first kappa shape index (κ1) is 13.5. The van der Waals surface area contributed by atoms with Gasteiger partial charge in [-0.3, -0.25) is 4.79 Å². The third kappa shape index (κ3) is 3.11. The fourth-order valence-corrected chi connectivity index (χ4v) is 1.68. The standard InChI is InChI=1S/C12H8BrF2N3O/c1-6-2-7(14)11(8(15)3-6)12(19)18-10-5-16-9(13)4-17-10/h2-5H,1H3,(H,17,18,19). The molecular weight excluding hydrogens is 320 g/mol. The Morgan fingerprint density at radius 1 is 1.21 bits per heavy atom. The van der Waals surface area contributed by atoms with Crippen molar-refractivity contribution in [3.8, 4) is 0 Å². The molecule has 0 bridgehead atoms. The van der Waals surface area contributed by atoms with Crippen molar-refractivity contribution < 1.29 is 13.6 Å². The Hall–Kier alpha value is -1.89. The maximum Gasteiger partial charge on any atom is 0.262 e. The quantitative estimate of drug-likeness (QED) is 0.922. The average Bonchev–Trinajstić information content (AvgIpc) is 2.30. The van der Waals surface area contributed by atoms with E-state index in [1.165, 1.54) is 19.3 Å². The topological polar surface area (TPSA) is 54.9 Å². The fourth-order valence-electron chi connectivity index (χ4n) is 1.47. The molecule has 0 aliphatic carbocycles.